The smallest absolute Gasteiger partial charge is 0.229 e. The zero-order valence-electron chi connectivity index (χ0n) is 17.5. The highest BCUT2D eigenvalue weighted by atomic mass is 16.5. The van der Waals surface area contributed by atoms with Crippen molar-refractivity contribution in [2.24, 2.45) is 0 Å². The van der Waals surface area contributed by atoms with Crippen LogP contribution in [0.3, 0.4) is 0 Å². The van der Waals surface area contributed by atoms with E-state index in [4.69, 9.17) is 4.74 Å². The summed E-state index contributed by atoms with van der Waals surface area (Å²) in [6.07, 6.45) is 1.72. The number of nitrogens with one attached hydrogen (secondary N) is 3. The van der Waals surface area contributed by atoms with Crippen LogP contribution in [0.1, 0.15) is 0 Å². The van der Waals surface area contributed by atoms with E-state index in [1.807, 2.05) is 24.3 Å². The number of fused-ring (bicyclic) bond motifs is 1. The molecule has 3 aromatic rings. The van der Waals surface area contributed by atoms with Crippen LogP contribution in [-0.2, 0) is 0 Å². The van der Waals surface area contributed by atoms with Gasteiger partial charge in [0.25, 0.3) is 0 Å². The Hall–Kier alpha value is -3.59. The van der Waals surface area contributed by atoms with Gasteiger partial charge in [0.15, 0.2) is 11.6 Å². The lowest BCUT2D eigenvalue weighted by molar-refractivity contribution is 0.313. The minimum atomic E-state index is 0.528. The number of benzene rings is 1. The third-order valence-electron chi connectivity index (χ3n) is 5.39. The number of rotatable bonds is 5. The molecule has 2 aliphatic rings. The Labute approximate surface area is 181 Å². The average Bonchev–Trinajstić information content (AvgIpc) is 2.80. The number of likely N-dealkylation sites (N-methyl/N-ethyl adjacent to an activating group) is 1. The zero-order chi connectivity index (χ0) is 21.0. The first kappa shape index (κ1) is 19.4. The fourth-order valence-corrected chi connectivity index (χ4v) is 3.68. The molecule has 2 aliphatic heterocycles. The van der Waals surface area contributed by atoms with Crippen molar-refractivity contribution < 1.29 is 4.74 Å². The maximum atomic E-state index is 5.58. The normalized spacial score (nSPS) is 16.1. The maximum absolute atomic E-state index is 5.58. The first-order chi connectivity index (χ1) is 15.2. The summed E-state index contributed by atoms with van der Waals surface area (Å²) in [4.78, 5) is 18.3. The molecule has 5 rings (SSSR count). The topological polar surface area (TPSA) is 90.5 Å². The van der Waals surface area contributed by atoms with Crippen LogP contribution in [0.2, 0.25) is 0 Å². The van der Waals surface area contributed by atoms with Crippen molar-refractivity contribution in [3.8, 4) is 5.75 Å². The van der Waals surface area contributed by atoms with E-state index in [1.165, 1.54) is 5.69 Å². The Kier molecular flexibility index (Phi) is 5.40. The summed E-state index contributed by atoms with van der Waals surface area (Å²) in [5.74, 6) is 3.39. The first-order valence-corrected chi connectivity index (χ1v) is 10.5. The number of nitrogens with zero attached hydrogens (tertiary/aromatic N) is 5. The van der Waals surface area contributed by atoms with Crippen LogP contribution in [0.5, 0.6) is 5.75 Å². The van der Waals surface area contributed by atoms with Gasteiger partial charge in [0.2, 0.25) is 5.95 Å². The summed E-state index contributed by atoms with van der Waals surface area (Å²) in [5, 5.41) is 9.79. The quantitative estimate of drug-likeness (QED) is 0.578. The molecular weight excluding hydrogens is 392 g/mol. The minimum Gasteiger partial charge on any atom is -0.488 e. The molecule has 1 aromatic carbocycles. The number of hydrogen-bond acceptors (Lipinski definition) is 9. The standard InChI is InChI=1S/C22H26N8O/c1-29-10-12-30(13-11-29)17-4-2-3-16(15-17)25-22-24-8-7-20(28-22)26-19-6-5-18-21(27-19)23-9-14-31-18/h2-8,15H,9-14H2,1H3,(H3,23,24,25,26,27,28). The Bertz CT molecular complexity index is 1050. The highest BCUT2D eigenvalue weighted by Gasteiger charge is 2.15. The van der Waals surface area contributed by atoms with Crippen LogP contribution in [-0.4, -0.2) is 66.2 Å². The number of ether oxygens (including phenoxy) is 1. The first-order valence-electron chi connectivity index (χ1n) is 10.5. The number of anilines is 6. The van der Waals surface area contributed by atoms with Gasteiger partial charge >= 0.3 is 0 Å². The number of aromatic nitrogens is 3. The predicted octanol–water partition coefficient (Wildman–Crippen LogP) is 2.91. The summed E-state index contributed by atoms with van der Waals surface area (Å²) in [6, 6.07) is 14.0. The molecule has 1 fully saturated rings. The molecular formula is C22H26N8O. The van der Waals surface area contributed by atoms with Gasteiger partial charge in [-0.3, -0.25) is 0 Å². The molecule has 0 unspecified atom stereocenters. The summed E-state index contributed by atoms with van der Waals surface area (Å²) >= 11 is 0. The molecule has 0 bridgehead atoms. The van der Waals surface area contributed by atoms with Crippen molar-refractivity contribution in [1.29, 1.82) is 0 Å². The van der Waals surface area contributed by atoms with Gasteiger partial charge in [0, 0.05) is 43.8 Å². The van der Waals surface area contributed by atoms with E-state index >= 15 is 0 Å². The SMILES string of the molecule is CN1CCN(c2cccc(Nc3nccc(Nc4ccc5c(n4)NCCO5)n3)c2)CC1. The zero-order valence-corrected chi connectivity index (χ0v) is 17.5. The van der Waals surface area contributed by atoms with E-state index in [-0.39, 0.29) is 0 Å². The average molecular weight is 419 g/mol. The molecule has 1 saturated heterocycles. The Morgan fingerprint density at radius 3 is 2.74 bits per heavy atom. The molecule has 2 aromatic heterocycles. The number of hydrogen-bond donors (Lipinski definition) is 3. The summed E-state index contributed by atoms with van der Waals surface area (Å²) < 4.78 is 5.58. The van der Waals surface area contributed by atoms with E-state index < -0.39 is 0 Å². The van der Waals surface area contributed by atoms with Crippen LogP contribution in [0.4, 0.5) is 34.8 Å². The minimum absolute atomic E-state index is 0.528. The van der Waals surface area contributed by atoms with E-state index in [0.717, 1.165) is 50.0 Å². The molecule has 0 spiro atoms. The highest BCUT2D eigenvalue weighted by molar-refractivity contribution is 5.64. The molecule has 0 radical (unpaired) electrons. The van der Waals surface area contributed by atoms with Gasteiger partial charge in [-0.15, -0.1) is 0 Å². The van der Waals surface area contributed by atoms with Crippen LogP contribution < -0.4 is 25.6 Å². The molecule has 31 heavy (non-hydrogen) atoms. The second kappa shape index (κ2) is 8.65. The van der Waals surface area contributed by atoms with Crippen LogP contribution in [0.15, 0.2) is 48.7 Å². The van der Waals surface area contributed by atoms with Crippen molar-refractivity contribution >= 4 is 34.8 Å². The second-order valence-electron chi connectivity index (χ2n) is 7.67. The molecule has 0 atom stereocenters. The number of piperazine rings is 1. The van der Waals surface area contributed by atoms with E-state index in [2.05, 4.69) is 65.9 Å². The van der Waals surface area contributed by atoms with Crippen molar-refractivity contribution in [3.63, 3.8) is 0 Å². The fraction of sp³-hybridized carbons (Fsp3) is 0.318. The van der Waals surface area contributed by atoms with E-state index in [9.17, 15) is 0 Å². The third-order valence-corrected chi connectivity index (χ3v) is 5.39. The molecule has 4 heterocycles. The van der Waals surface area contributed by atoms with Gasteiger partial charge in [0.1, 0.15) is 18.2 Å². The van der Waals surface area contributed by atoms with E-state index in [1.54, 1.807) is 6.20 Å². The molecule has 9 nitrogen and oxygen atoms in total. The monoisotopic (exact) mass is 418 g/mol. The summed E-state index contributed by atoms with van der Waals surface area (Å²) in [7, 11) is 2.16. The van der Waals surface area contributed by atoms with Crippen molar-refractivity contribution in [1.82, 2.24) is 19.9 Å². The van der Waals surface area contributed by atoms with Gasteiger partial charge in [-0.1, -0.05) is 6.07 Å². The van der Waals surface area contributed by atoms with Gasteiger partial charge in [-0.25, -0.2) is 9.97 Å². The van der Waals surface area contributed by atoms with Crippen molar-refractivity contribution in [2.45, 2.75) is 0 Å². The molecule has 160 valence electrons. The lowest BCUT2D eigenvalue weighted by atomic mass is 10.2. The van der Waals surface area contributed by atoms with Crippen LogP contribution in [0.25, 0.3) is 0 Å². The van der Waals surface area contributed by atoms with Gasteiger partial charge in [0.05, 0.1) is 6.54 Å². The molecule has 0 aliphatic carbocycles. The van der Waals surface area contributed by atoms with Gasteiger partial charge in [-0.05, 0) is 43.4 Å². The molecule has 3 N–H and O–H groups in total. The Morgan fingerprint density at radius 2 is 1.84 bits per heavy atom. The van der Waals surface area contributed by atoms with Gasteiger partial charge in [-0.2, -0.15) is 4.98 Å². The van der Waals surface area contributed by atoms with Crippen LogP contribution >= 0.6 is 0 Å². The third kappa shape index (κ3) is 4.61. The molecule has 9 heteroatoms. The number of pyridine rings is 1. The van der Waals surface area contributed by atoms with Gasteiger partial charge < -0.3 is 30.5 Å². The van der Waals surface area contributed by atoms with Crippen molar-refractivity contribution in [3.05, 3.63) is 48.7 Å². The lowest BCUT2D eigenvalue weighted by Crippen LogP contribution is -2.44. The Morgan fingerprint density at radius 1 is 0.968 bits per heavy atom. The highest BCUT2D eigenvalue weighted by Crippen LogP contribution is 2.28. The summed E-state index contributed by atoms with van der Waals surface area (Å²) in [6.45, 7) is 5.61. The second-order valence-corrected chi connectivity index (χ2v) is 7.67. The van der Waals surface area contributed by atoms with Crippen molar-refractivity contribution in [2.75, 3.05) is 67.2 Å². The Balaban J connectivity index is 1.28. The summed E-state index contributed by atoms with van der Waals surface area (Å²) in [5.41, 5.74) is 2.17. The largest absolute Gasteiger partial charge is 0.488 e. The van der Waals surface area contributed by atoms with E-state index in [0.29, 0.717) is 24.2 Å². The molecule has 0 saturated carbocycles. The lowest BCUT2D eigenvalue weighted by Gasteiger charge is -2.34. The van der Waals surface area contributed by atoms with Crippen LogP contribution in [0, 0.1) is 0 Å². The maximum Gasteiger partial charge on any atom is 0.229 e. The predicted molar refractivity (Wildman–Crippen MR) is 123 cm³/mol. The molecule has 0 amide bonds. The fourth-order valence-electron chi connectivity index (χ4n) is 3.68.